The van der Waals surface area contributed by atoms with E-state index in [2.05, 4.69) is 51.3 Å². The van der Waals surface area contributed by atoms with Gasteiger partial charge in [0, 0.05) is 6.04 Å². The van der Waals surface area contributed by atoms with Gasteiger partial charge in [0.05, 0.1) is 7.11 Å². The molecule has 0 saturated heterocycles. The van der Waals surface area contributed by atoms with Gasteiger partial charge >= 0.3 is 0 Å². The van der Waals surface area contributed by atoms with Crippen LogP contribution in [0.25, 0.3) is 0 Å². The van der Waals surface area contributed by atoms with E-state index < -0.39 is 0 Å². The zero-order valence-corrected chi connectivity index (χ0v) is 13.6. The van der Waals surface area contributed by atoms with Crippen molar-refractivity contribution in [2.45, 2.75) is 46.1 Å². The molecule has 1 saturated carbocycles. The molecule has 2 heteroatoms. The average molecular weight is 275 g/mol. The fourth-order valence-corrected chi connectivity index (χ4v) is 3.60. The summed E-state index contributed by atoms with van der Waals surface area (Å²) >= 11 is 0. The highest BCUT2D eigenvalue weighted by molar-refractivity contribution is 5.38. The first-order valence-electron chi connectivity index (χ1n) is 7.88. The highest BCUT2D eigenvalue weighted by atomic mass is 16.5. The fraction of sp³-hybridized carbons (Fsp3) is 0.667. The zero-order valence-electron chi connectivity index (χ0n) is 13.6. The quantitative estimate of drug-likeness (QED) is 0.882. The largest absolute Gasteiger partial charge is 0.496 e. The average Bonchev–Trinajstić information content (AvgIpc) is 2.45. The minimum atomic E-state index is 0.444. The van der Waals surface area contributed by atoms with Gasteiger partial charge in [0.15, 0.2) is 0 Å². The molecular weight excluding hydrogens is 246 g/mol. The van der Waals surface area contributed by atoms with Crippen LogP contribution in [0.2, 0.25) is 0 Å². The van der Waals surface area contributed by atoms with Crippen molar-refractivity contribution in [3.63, 3.8) is 0 Å². The molecule has 2 nitrogen and oxygen atoms in total. The van der Waals surface area contributed by atoms with Crippen LogP contribution in [0.4, 0.5) is 0 Å². The third kappa shape index (κ3) is 3.17. The van der Waals surface area contributed by atoms with Gasteiger partial charge in [0.25, 0.3) is 0 Å². The lowest BCUT2D eigenvalue weighted by Crippen LogP contribution is -2.31. The lowest BCUT2D eigenvalue weighted by molar-refractivity contribution is 0.174. The van der Waals surface area contributed by atoms with Gasteiger partial charge < -0.3 is 10.1 Å². The Morgan fingerprint density at radius 3 is 2.55 bits per heavy atom. The minimum absolute atomic E-state index is 0.444. The van der Waals surface area contributed by atoms with E-state index in [1.807, 2.05) is 0 Å². The number of hydrogen-bond acceptors (Lipinski definition) is 2. The Hall–Kier alpha value is -1.02. The van der Waals surface area contributed by atoms with Crippen LogP contribution in [0, 0.1) is 24.7 Å². The predicted molar refractivity (Wildman–Crippen MR) is 85.2 cm³/mol. The molecule has 0 radical (unpaired) electrons. The molecule has 20 heavy (non-hydrogen) atoms. The van der Waals surface area contributed by atoms with Crippen LogP contribution in [-0.2, 0) is 0 Å². The van der Waals surface area contributed by atoms with Crippen molar-refractivity contribution in [3.8, 4) is 5.75 Å². The first-order chi connectivity index (χ1) is 9.56. The van der Waals surface area contributed by atoms with E-state index in [-0.39, 0.29) is 0 Å². The van der Waals surface area contributed by atoms with Crippen LogP contribution in [-0.4, -0.2) is 14.2 Å². The van der Waals surface area contributed by atoms with Gasteiger partial charge in [0.1, 0.15) is 5.75 Å². The van der Waals surface area contributed by atoms with Crippen LogP contribution < -0.4 is 10.1 Å². The normalized spacial score (nSPS) is 28.1. The van der Waals surface area contributed by atoms with Crippen molar-refractivity contribution in [1.82, 2.24) is 5.32 Å². The molecule has 112 valence electrons. The molecular formula is C18H29NO. The molecule has 0 heterocycles. The smallest absolute Gasteiger partial charge is 0.122 e. The number of hydrogen-bond donors (Lipinski definition) is 1. The maximum Gasteiger partial charge on any atom is 0.122 e. The highest BCUT2D eigenvalue weighted by Crippen LogP contribution is 2.40. The van der Waals surface area contributed by atoms with E-state index in [0.29, 0.717) is 6.04 Å². The summed E-state index contributed by atoms with van der Waals surface area (Å²) in [7, 11) is 3.84. The Kier molecular flexibility index (Phi) is 5.09. The van der Waals surface area contributed by atoms with Crippen molar-refractivity contribution in [3.05, 3.63) is 29.3 Å². The monoisotopic (exact) mass is 275 g/mol. The SMILES string of the molecule is CNC(c1ccc(C)c(OC)c1)C1CCC(C)C(C)C1. The standard InChI is InChI=1S/C18H29NO/c1-12-6-8-15(10-14(12)3)18(19-4)16-9-7-13(2)17(11-16)20-5/h7,9,11-12,14-15,18-19H,6,8,10H2,1-5H3. The Bertz CT molecular complexity index is 443. The molecule has 2 rings (SSSR count). The van der Waals surface area contributed by atoms with Gasteiger partial charge in [-0.2, -0.15) is 0 Å². The summed E-state index contributed by atoms with van der Waals surface area (Å²) in [6.07, 6.45) is 4.00. The van der Waals surface area contributed by atoms with Crippen LogP contribution in [0.1, 0.15) is 50.3 Å². The van der Waals surface area contributed by atoms with Gasteiger partial charge in [-0.25, -0.2) is 0 Å². The molecule has 0 aromatic heterocycles. The number of ether oxygens (including phenoxy) is 1. The second-order valence-electron chi connectivity index (χ2n) is 6.52. The van der Waals surface area contributed by atoms with Gasteiger partial charge in [-0.3, -0.25) is 0 Å². The van der Waals surface area contributed by atoms with Crippen LogP contribution in [0.5, 0.6) is 5.75 Å². The van der Waals surface area contributed by atoms with Crippen molar-refractivity contribution in [2.24, 2.45) is 17.8 Å². The topological polar surface area (TPSA) is 21.3 Å². The second-order valence-corrected chi connectivity index (χ2v) is 6.52. The molecule has 4 unspecified atom stereocenters. The summed E-state index contributed by atoms with van der Waals surface area (Å²) < 4.78 is 5.48. The third-order valence-corrected chi connectivity index (χ3v) is 5.21. The lowest BCUT2D eigenvalue weighted by Gasteiger charge is -2.37. The Labute approximate surface area is 123 Å². The van der Waals surface area contributed by atoms with Crippen molar-refractivity contribution >= 4 is 0 Å². The molecule has 1 aromatic carbocycles. The lowest BCUT2D eigenvalue weighted by atomic mass is 9.72. The first-order valence-corrected chi connectivity index (χ1v) is 7.88. The summed E-state index contributed by atoms with van der Waals surface area (Å²) in [4.78, 5) is 0. The van der Waals surface area contributed by atoms with Crippen LogP contribution >= 0.6 is 0 Å². The van der Waals surface area contributed by atoms with Gasteiger partial charge in [0.2, 0.25) is 0 Å². The molecule has 1 fully saturated rings. The van der Waals surface area contributed by atoms with Crippen molar-refractivity contribution in [2.75, 3.05) is 14.2 Å². The summed E-state index contributed by atoms with van der Waals surface area (Å²) in [6.45, 7) is 6.89. The van der Waals surface area contributed by atoms with Gasteiger partial charge in [-0.1, -0.05) is 32.4 Å². The zero-order chi connectivity index (χ0) is 14.7. The van der Waals surface area contributed by atoms with E-state index in [1.54, 1.807) is 7.11 Å². The second kappa shape index (κ2) is 6.62. The number of rotatable bonds is 4. The minimum Gasteiger partial charge on any atom is -0.496 e. The van der Waals surface area contributed by atoms with Crippen LogP contribution in [0.3, 0.4) is 0 Å². The number of methoxy groups -OCH3 is 1. The first kappa shape index (κ1) is 15.4. The fourth-order valence-electron chi connectivity index (χ4n) is 3.60. The number of benzene rings is 1. The molecule has 0 aliphatic heterocycles. The maximum atomic E-state index is 5.48. The summed E-state index contributed by atoms with van der Waals surface area (Å²) in [5.41, 5.74) is 2.57. The molecule has 0 amide bonds. The summed E-state index contributed by atoms with van der Waals surface area (Å²) in [6, 6.07) is 7.08. The molecule has 1 aliphatic rings. The Balaban J connectivity index is 2.19. The molecule has 1 aliphatic carbocycles. The molecule has 1 aromatic rings. The van der Waals surface area contributed by atoms with E-state index in [0.717, 1.165) is 23.5 Å². The van der Waals surface area contributed by atoms with Gasteiger partial charge in [-0.15, -0.1) is 0 Å². The molecule has 0 spiro atoms. The van der Waals surface area contributed by atoms with E-state index in [1.165, 1.54) is 30.4 Å². The Morgan fingerprint density at radius 2 is 1.95 bits per heavy atom. The van der Waals surface area contributed by atoms with E-state index in [9.17, 15) is 0 Å². The van der Waals surface area contributed by atoms with Gasteiger partial charge in [-0.05, 0) is 61.8 Å². The molecule has 1 N–H and O–H groups in total. The van der Waals surface area contributed by atoms with E-state index >= 15 is 0 Å². The molecule has 0 bridgehead atoms. The highest BCUT2D eigenvalue weighted by Gasteiger charge is 2.30. The molecule has 4 atom stereocenters. The van der Waals surface area contributed by atoms with Crippen molar-refractivity contribution in [1.29, 1.82) is 0 Å². The maximum absolute atomic E-state index is 5.48. The van der Waals surface area contributed by atoms with Crippen LogP contribution in [0.15, 0.2) is 18.2 Å². The summed E-state index contributed by atoms with van der Waals surface area (Å²) in [5.74, 6) is 3.44. The summed E-state index contributed by atoms with van der Waals surface area (Å²) in [5, 5.41) is 3.54. The Morgan fingerprint density at radius 1 is 1.20 bits per heavy atom. The van der Waals surface area contributed by atoms with E-state index in [4.69, 9.17) is 4.74 Å². The number of nitrogens with one attached hydrogen (secondary N) is 1. The predicted octanol–water partition coefficient (Wildman–Crippen LogP) is 4.34. The third-order valence-electron chi connectivity index (χ3n) is 5.21. The van der Waals surface area contributed by atoms with Crippen molar-refractivity contribution < 1.29 is 4.74 Å². The number of aryl methyl sites for hydroxylation is 1.